The van der Waals surface area contributed by atoms with Gasteiger partial charge in [-0.3, -0.25) is 4.79 Å². The van der Waals surface area contributed by atoms with Gasteiger partial charge in [0.2, 0.25) is 0 Å². The third-order valence-corrected chi connectivity index (χ3v) is 4.83. The zero-order valence-corrected chi connectivity index (χ0v) is 15.7. The number of esters is 1. The molecule has 1 unspecified atom stereocenters. The summed E-state index contributed by atoms with van der Waals surface area (Å²) in [5, 5.41) is 0. The molecule has 2 aromatic carbocycles. The average Bonchev–Trinajstić information content (AvgIpc) is 2.66. The van der Waals surface area contributed by atoms with Gasteiger partial charge >= 0.3 is 5.97 Å². The number of carbonyl (C=O) groups excluding carboxylic acids is 1. The highest BCUT2D eigenvalue weighted by molar-refractivity contribution is 5.87. The molecular formula is C22H29NO2. The zero-order chi connectivity index (χ0) is 18.3. The molecule has 0 N–H and O–H groups in total. The normalized spacial score (nSPS) is 12.8. The highest BCUT2D eigenvalue weighted by Crippen LogP contribution is 2.33. The van der Waals surface area contributed by atoms with E-state index in [-0.39, 0.29) is 12.1 Å². The Morgan fingerprint density at radius 1 is 0.960 bits per heavy atom. The van der Waals surface area contributed by atoms with Crippen molar-refractivity contribution in [3.8, 4) is 0 Å². The van der Waals surface area contributed by atoms with E-state index in [9.17, 15) is 4.79 Å². The van der Waals surface area contributed by atoms with Gasteiger partial charge in [0.15, 0.2) is 0 Å². The monoisotopic (exact) mass is 339 g/mol. The highest BCUT2D eigenvalue weighted by Gasteiger charge is 2.39. The lowest BCUT2D eigenvalue weighted by molar-refractivity contribution is -0.153. The fourth-order valence-electron chi connectivity index (χ4n) is 3.13. The predicted octanol–water partition coefficient (Wildman–Crippen LogP) is 4.27. The molecule has 134 valence electrons. The molecule has 0 saturated carbocycles. The maximum atomic E-state index is 13.2. The second kappa shape index (κ2) is 8.82. The van der Waals surface area contributed by atoms with E-state index in [1.54, 1.807) is 0 Å². The quantitative estimate of drug-likeness (QED) is 0.673. The van der Waals surface area contributed by atoms with Gasteiger partial charge < -0.3 is 9.64 Å². The van der Waals surface area contributed by atoms with Gasteiger partial charge in [-0.1, -0.05) is 74.5 Å². The van der Waals surface area contributed by atoms with Crippen LogP contribution >= 0.6 is 0 Å². The number of hydrogen-bond donors (Lipinski definition) is 0. The van der Waals surface area contributed by atoms with E-state index in [1.165, 1.54) is 0 Å². The fraction of sp³-hybridized carbons (Fsp3) is 0.409. The third kappa shape index (κ3) is 4.49. The van der Waals surface area contributed by atoms with Crippen LogP contribution in [0.5, 0.6) is 0 Å². The van der Waals surface area contributed by atoms with Crippen molar-refractivity contribution in [2.45, 2.75) is 39.2 Å². The van der Waals surface area contributed by atoms with Gasteiger partial charge in [-0.05, 0) is 38.1 Å². The van der Waals surface area contributed by atoms with Crippen LogP contribution in [0, 0.1) is 0 Å². The minimum atomic E-state index is -0.819. The second-order valence-electron chi connectivity index (χ2n) is 6.56. The summed E-state index contributed by atoms with van der Waals surface area (Å²) >= 11 is 0. The van der Waals surface area contributed by atoms with Crippen molar-refractivity contribution < 1.29 is 9.53 Å². The van der Waals surface area contributed by atoms with Gasteiger partial charge in [-0.2, -0.15) is 0 Å². The number of nitrogens with zero attached hydrogens (tertiary/aromatic N) is 1. The van der Waals surface area contributed by atoms with E-state index < -0.39 is 5.41 Å². The minimum absolute atomic E-state index is 0.154. The first-order valence-electron chi connectivity index (χ1n) is 9.06. The van der Waals surface area contributed by atoms with Crippen LogP contribution < -0.4 is 0 Å². The Morgan fingerprint density at radius 2 is 1.40 bits per heavy atom. The van der Waals surface area contributed by atoms with Crippen molar-refractivity contribution in [1.82, 2.24) is 4.90 Å². The molecule has 0 spiro atoms. The lowest BCUT2D eigenvalue weighted by Gasteiger charge is -2.31. The van der Waals surface area contributed by atoms with E-state index in [0.717, 1.165) is 30.8 Å². The van der Waals surface area contributed by atoms with E-state index >= 15 is 0 Å². The molecule has 2 rings (SSSR count). The summed E-state index contributed by atoms with van der Waals surface area (Å²) in [6, 6.07) is 19.7. The zero-order valence-electron chi connectivity index (χ0n) is 15.7. The third-order valence-electron chi connectivity index (χ3n) is 4.83. The Morgan fingerprint density at radius 3 is 1.80 bits per heavy atom. The van der Waals surface area contributed by atoms with Gasteiger partial charge in [-0.15, -0.1) is 0 Å². The standard InChI is InChI=1S/C22H29NO2/c1-5-23(6-2)17-18(3)25-21(24)22(4,19-13-9-7-10-14-19)20-15-11-8-12-16-20/h7-16,18H,5-6,17H2,1-4H3. The van der Waals surface area contributed by atoms with Gasteiger partial charge in [-0.25, -0.2) is 0 Å². The fourth-order valence-corrected chi connectivity index (χ4v) is 3.13. The minimum Gasteiger partial charge on any atom is -0.460 e. The summed E-state index contributed by atoms with van der Waals surface area (Å²) < 4.78 is 5.88. The number of likely N-dealkylation sites (N-methyl/N-ethyl adjacent to an activating group) is 1. The molecule has 0 aliphatic rings. The molecule has 0 bridgehead atoms. The lowest BCUT2D eigenvalue weighted by atomic mass is 9.76. The van der Waals surface area contributed by atoms with Crippen LogP contribution in [-0.2, 0) is 14.9 Å². The molecule has 0 aliphatic carbocycles. The molecule has 25 heavy (non-hydrogen) atoms. The molecule has 2 aromatic rings. The number of hydrogen-bond acceptors (Lipinski definition) is 3. The van der Waals surface area contributed by atoms with Crippen LogP contribution in [0.1, 0.15) is 38.8 Å². The molecule has 1 atom stereocenters. The van der Waals surface area contributed by atoms with Crippen LogP contribution in [0.2, 0.25) is 0 Å². The van der Waals surface area contributed by atoms with Crippen molar-refractivity contribution in [1.29, 1.82) is 0 Å². The Bertz CT molecular complexity index is 611. The molecular weight excluding hydrogens is 310 g/mol. The maximum Gasteiger partial charge on any atom is 0.321 e. The van der Waals surface area contributed by atoms with E-state index in [2.05, 4.69) is 18.7 Å². The van der Waals surface area contributed by atoms with E-state index in [0.29, 0.717) is 0 Å². The maximum absolute atomic E-state index is 13.2. The lowest BCUT2D eigenvalue weighted by Crippen LogP contribution is -2.40. The van der Waals surface area contributed by atoms with Crippen molar-refractivity contribution in [2.24, 2.45) is 0 Å². The first-order chi connectivity index (χ1) is 12.0. The molecule has 3 nitrogen and oxygen atoms in total. The smallest absolute Gasteiger partial charge is 0.321 e. The number of carbonyl (C=O) groups is 1. The molecule has 0 saturated heterocycles. The Kier molecular flexibility index (Phi) is 6.77. The average molecular weight is 339 g/mol. The summed E-state index contributed by atoms with van der Waals surface area (Å²) in [5.74, 6) is -0.204. The van der Waals surface area contributed by atoms with Gasteiger partial charge in [0.25, 0.3) is 0 Å². The van der Waals surface area contributed by atoms with Crippen LogP contribution in [0.15, 0.2) is 60.7 Å². The topological polar surface area (TPSA) is 29.5 Å². The summed E-state index contributed by atoms with van der Waals surface area (Å²) in [6.45, 7) is 10.8. The first-order valence-corrected chi connectivity index (χ1v) is 9.06. The molecule has 0 radical (unpaired) electrons. The van der Waals surface area contributed by atoms with E-state index in [1.807, 2.05) is 74.5 Å². The summed E-state index contributed by atoms with van der Waals surface area (Å²) in [5.41, 5.74) is 1.07. The van der Waals surface area contributed by atoms with Gasteiger partial charge in [0, 0.05) is 6.54 Å². The highest BCUT2D eigenvalue weighted by atomic mass is 16.5. The molecule has 0 aliphatic heterocycles. The second-order valence-corrected chi connectivity index (χ2v) is 6.56. The van der Waals surface area contributed by atoms with Gasteiger partial charge in [0.1, 0.15) is 11.5 Å². The molecule has 3 heteroatoms. The molecule has 0 aromatic heterocycles. The summed E-state index contributed by atoms with van der Waals surface area (Å²) in [7, 11) is 0. The number of benzene rings is 2. The molecule has 0 heterocycles. The molecule has 0 amide bonds. The van der Waals surface area contributed by atoms with Crippen LogP contribution in [0.25, 0.3) is 0 Å². The van der Waals surface area contributed by atoms with E-state index in [4.69, 9.17) is 4.74 Å². The van der Waals surface area contributed by atoms with Crippen LogP contribution in [0.4, 0.5) is 0 Å². The largest absolute Gasteiger partial charge is 0.460 e. The SMILES string of the molecule is CCN(CC)CC(C)OC(=O)C(C)(c1ccccc1)c1ccccc1. The molecule has 0 fully saturated rings. The number of rotatable bonds is 8. The Labute approximate surface area is 151 Å². The predicted molar refractivity (Wildman–Crippen MR) is 103 cm³/mol. The Hall–Kier alpha value is -2.13. The van der Waals surface area contributed by atoms with Gasteiger partial charge in [0.05, 0.1) is 0 Å². The summed E-state index contributed by atoms with van der Waals surface area (Å²) in [4.78, 5) is 15.5. The number of ether oxygens (including phenoxy) is 1. The van der Waals surface area contributed by atoms with Crippen LogP contribution in [-0.4, -0.2) is 36.6 Å². The van der Waals surface area contributed by atoms with Crippen molar-refractivity contribution in [3.05, 3.63) is 71.8 Å². The Balaban J connectivity index is 2.29. The van der Waals surface area contributed by atoms with Crippen molar-refractivity contribution in [2.75, 3.05) is 19.6 Å². The van der Waals surface area contributed by atoms with Crippen molar-refractivity contribution in [3.63, 3.8) is 0 Å². The summed E-state index contributed by atoms with van der Waals surface area (Å²) in [6.07, 6.45) is -0.154. The van der Waals surface area contributed by atoms with Crippen LogP contribution in [0.3, 0.4) is 0 Å². The van der Waals surface area contributed by atoms with Crippen molar-refractivity contribution >= 4 is 5.97 Å². The first kappa shape index (κ1) is 19.2.